The number of hydrogen-bond acceptors (Lipinski definition) is 0. The van der Waals surface area contributed by atoms with Crippen molar-refractivity contribution in [3.63, 3.8) is 0 Å². The summed E-state index contributed by atoms with van der Waals surface area (Å²) in [6, 6.07) is 86.7. The Labute approximate surface area is 403 Å². The van der Waals surface area contributed by atoms with Crippen LogP contribution >= 0.6 is 0 Å². The molecule has 12 rings (SSSR count). The predicted octanol–water partition coefficient (Wildman–Crippen LogP) is 18.4. The summed E-state index contributed by atoms with van der Waals surface area (Å²) < 4.78 is 4.96. The molecule has 0 bridgehead atoms. The van der Waals surface area contributed by atoms with Gasteiger partial charge in [0.1, 0.15) is 0 Å². The number of allylic oxidation sites excluding steroid dienone is 5. The summed E-state index contributed by atoms with van der Waals surface area (Å²) in [5.74, 6) is 0. The molecule has 0 aliphatic heterocycles. The number of nitrogens with zero attached hydrogens (tertiary/aromatic N) is 2. The molecule has 0 N–H and O–H groups in total. The second-order valence-electron chi connectivity index (χ2n) is 17.7. The van der Waals surface area contributed by atoms with Gasteiger partial charge in [0.2, 0.25) is 0 Å². The van der Waals surface area contributed by atoms with Crippen molar-refractivity contribution in [1.29, 1.82) is 0 Å². The molecule has 0 radical (unpaired) electrons. The highest BCUT2D eigenvalue weighted by Gasteiger charge is 2.22. The van der Waals surface area contributed by atoms with Crippen LogP contribution in [0.1, 0.15) is 12.5 Å². The zero-order chi connectivity index (χ0) is 46.3. The Morgan fingerprint density at radius 1 is 0.362 bits per heavy atom. The lowest BCUT2D eigenvalue weighted by Gasteiger charge is -2.15. The van der Waals surface area contributed by atoms with Gasteiger partial charge >= 0.3 is 0 Å². The Morgan fingerprint density at radius 2 is 0.768 bits per heavy atom. The van der Waals surface area contributed by atoms with Crippen LogP contribution in [0.4, 0.5) is 0 Å². The van der Waals surface area contributed by atoms with Gasteiger partial charge in [0, 0.05) is 44.0 Å². The summed E-state index contributed by atoms with van der Waals surface area (Å²) in [5.41, 5.74) is 21.1. The lowest BCUT2D eigenvalue weighted by molar-refractivity contribution is 1.18. The van der Waals surface area contributed by atoms with Crippen LogP contribution in [-0.4, -0.2) is 9.13 Å². The van der Waals surface area contributed by atoms with Crippen molar-refractivity contribution in [3.05, 3.63) is 273 Å². The fraction of sp³-hybridized carbons (Fsp3) is 0.0149. The summed E-state index contributed by atoms with van der Waals surface area (Å²) in [6.45, 7) is 5.99. The van der Waals surface area contributed by atoms with Crippen LogP contribution < -0.4 is 0 Å². The Kier molecular flexibility index (Phi) is 10.6. The monoisotopic (exact) mass is 880 g/mol. The Balaban J connectivity index is 1.13. The summed E-state index contributed by atoms with van der Waals surface area (Å²) in [6.07, 6.45) is 8.09. The van der Waals surface area contributed by atoms with Gasteiger partial charge in [-0.1, -0.05) is 207 Å². The zero-order valence-corrected chi connectivity index (χ0v) is 38.4. The molecule has 0 amide bonds. The first-order valence-electron chi connectivity index (χ1n) is 23.7. The first-order valence-corrected chi connectivity index (χ1v) is 23.7. The van der Waals surface area contributed by atoms with E-state index in [4.69, 9.17) is 0 Å². The Morgan fingerprint density at radius 3 is 1.19 bits per heavy atom. The molecule has 2 aromatic heterocycles. The highest BCUT2D eigenvalue weighted by atomic mass is 15.0. The lowest BCUT2D eigenvalue weighted by Crippen LogP contribution is -1.97. The van der Waals surface area contributed by atoms with Gasteiger partial charge < -0.3 is 9.13 Å². The van der Waals surface area contributed by atoms with Crippen molar-refractivity contribution in [2.75, 3.05) is 0 Å². The number of benzene rings is 10. The minimum absolute atomic E-state index is 1.10. The molecule has 0 saturated carbocycles. The smallest absolute Gasteiger partial charge is 0.0619 e. The molecule has 10 aromatic carbocycles. The minimum atomic E-state index is 1.10. The Hall–Kier alpha value is -8.98. The molecule has 0 unspecified atom stereocenters. The molecule has 2 nitrogen and oxygen atoms in total. The molecule has 0 fully saturated rings. The van der Waals surface area contributed by atoms with E-state index in [9.17, 15) is 0 Å². The van der Waals surface area contributed by atoms with Gasteiger partial charge in [0.15, 0.2) is 0 Å². The third-order valence-electron chi connectivity index (χ3n) is 13.6. The number of rotatable bonds is 10. The lowest BCUT2D eigenvalue weighted by atomic mass is 9.95. The molecule has 0 spiro atoms. The number of aromatic nitrogens is 2. The maximum Gasteiger partial charge on any atom is 0.0619 e. The van der Waals surface area contributed by atoms with Gasteiger partial charge in [-0.05, 0) is 123 Å². The van der Waals surface area contributed by atoms with E-state index in [-0.39, 0.29) is 0 Å². The van der Waals surface area contributed by atoms with Crippen LogP contribution in [0, 0.1) is 0 Å². The maximum absolute atomic E-state index is 3.91. The SMILES string of the molecule is C=C/C=C\C(=C/C)c1ccc(-n2c3cc(-c4ccc5c6cc(-c7ccccc7)cc(-c7ccccc7)c6n(-c6ccccc6)c5c4)ccc3c3cc(-c4ccccc4)cc(-c4ccccc4)c32)cc1. The molecule has 0 aliphatic rings. The number of hydrogen-bond donors (Lipinski definition) is 0. The number of para-hydroxylation sites is 1. The molecule has 0 saturated heterocycles. The molecular formula is C67H48N2. The zero-order valence-electron chi connectivity index (χ0n) is 38.4. The highest BCUT2D eigenvalue weighted by Crippen LogP contribution is 2.45. The standard InChI is InChI=1S/C67H48N2/c1-3-5-21-46(4-2)49-32-36-57(37-33-49)69-65-45-53(35-39-59(65)63-43-55(48-24-13-7-14-25-48)41-61(67(63)69)51-28-17-9-18-29-51)52-34-38-58-62-42-54(47-22-11-6-12-23-47)40-60(50-26-15-8-16-27-50)66(62)68(64(58)44-52)56-30-19-10-20-31-56/h3-45H,1H2,2H3/b21-5-,46-4+. The van der Waals surface area contributed by atoms with Crippen LogP contribution in [0.3, 0.4) is 0 Å². The van der Waals surface area contributed by atoms with Crippen LogP contribution in [-0.2, 0) is 0 Å². The van der Waals surface area contributed by atoms with Crippen molar-refractivity contribution in [1.82, 2.24) is 9.13 Å². The van der Waals surface area contributed by atoms with E-state index in [1.807, 2.05) is 12.2 Å². The van der Waals surface area contributed by atoms with Gasteiger partial charge in [-0.2, -0.15) is 0 Å². The van der Waals surface area contributed by atoms with Crippen LogP contribution in [0.5, 0.6) is 0 Å². The quantitative estimate of drug-likeness (QED) is 0.121. The molecule has 326 valence electrons. The van der Waals surface area contributed by atoms with Gasteiger partial charge in [0.05, 0.1) is 22.1 Å². The predicted molar refractivity (Wildman–Crippen MR) is 295 cm³/mol. The van der Waals surface area contributed by atoms with Crippen LogP contribution in [0.15, 0.2) is 267 Å². The number of fused-ring (bicyclic) bond motifs is 6. The van der Waals surface area contributed by atoms with E-state index in [1.165, 1.54) is 77.1 Å². The van der Waals surface area contributed by atoms with Gasteiger partial charge in [0.25, 0.3) is 0 Å². The van der Waals surface area contributed by atoms with Gasteiger partial charge in [-0.25, -0.2) is 0 Å². The second-order valence-corrected chi connectivity index (χ2v) is 17.7. The van der Waals surface area contributed by atoms with Gasteiger partial charge in [-0.15, -0.1) is 0 Å². The molecule has 12 aromatic rings. The van der Waals surface area contributed by atoms with E-state index in [0.717, 1.165) is 44.7 Å². The maximum atomic E-state index is 3.91. The summed E-state index contributed by atoms with van der Waals surface area (Å²) in [7, 11) is 0. The second kappa shape index (κ2) is 17.7. The third kappa shape index (κ3) is 7.40. The van der Waals surface area contributed by atoms with Crippen LogP contribution in [0.2, 0.25) is 0 Å². The molecule has 0 aliphatic carbocycles. The van der Waals surface area contributed by atoms with E-state index in [1.54, 1.807) is 0 Å². The van der Waals surface area contributed by atoms with Crippen molar-refractivity contribution < 1.29 is 0 Å². The fourth-order valence-corrected chi connectivity index (χ4v) is 10.4. The molecule has 0 atom stereocenters. The average molecular weight is 881 g/mol. The average Bonchev–Trinajstić information content (AvgIpc) is 3.94. The van der Waals surface area contributed by atoms with E-state index < -0.39 is 0 Å². The minimum Gasteiger partial charge on any atom is -0.309 e. The van der Waals surface area contributed by atoms with Crippen molar-refractivity contribution in [3.8, 4) is 67.0 Å². The largest absolute Gasteiger partial charge is 0.309 e. The normalized spacial score (nSPS) is 11.9. The summed E-state index contributed by atoms with van der Waals surface area (Å²) in [5, 5.41) is 4.86. The molecule has 2 heteroatoms. The third-order valence-corrected chi connectivity index (χ3v) is 13.6. The molecule has 2 heterocycles. The highest BCUT2D eigenvalue weighted by molar-refractivity contribution is 6.18. The van der Waals surface area contributed by atoms with E-state index in [0.29, 0.717) is 0 Å². The van der Waals surface area contributed by atoms with Crippen molar-refractivity contribution >= 4 is 49.2 Å². The Bertz CT molecular complexity index is 3910. The van der Waals surface area contributed by atoms with Crippen LogP contribution in [0.25, 0.3) is 116 Å². The van der Waals surface area contributed by atoms with E-state index >= 15 is 0 Å². The first-order chi connectivity index (χ1) is 34.1. The molecular weight excluding hydrogens is 833 g/mol. The van der Waals surface area contributed by atoms with E-state index in [2.05, 4.69) is 271 Å². The molecule has 69 heavy (non-hydrogen) atoms. The van der Waals surface area contributed by atoms with Gasteiger partial charge in [-0.3, -0.25) is 0 Å². The van der Waals surface area contributed by atoms with Crippen molar-refractivity contribution in [2.24, 2.45) is 0 Å². The fourth-order valence-electron chi connectivity index (χ4n) is 10.4. The summed E-state index contributed by atoms with van der Waals surface area (Å²) >= 11 is 0. The van der Waals surface area contributed by atoms with Crippen molar-refractivity contribution in [2.45, 2.75) is 6.92 Å². The first kappa shape index (κ1) is 41.5. The summed E-state index contributed by atoms with van der Waals surface area (Å²) in [4.78, 5) is 0. The topological polar surface area (TPSA) is 9.86 Å².